The van der Waals surface area contributed by atoms with Crippen LogP contribution < -0.4 is 10.1 Å². The first-order valence-corrected chi connectivity index (χ1v) is 11.1. The molecule has 1 aliphatic heterocycles. The predicted molar refractivity (Wildman–Crippen MR) is 119 cm³/mol. The van der Waals surface area contributed by atoms with Crippen LogP contribution in [0.5, 0.6) is 5.75 Å². The van der Waals surface area contributed by atoms with Crippen LogP contribution in [0.15, 0.2) is 53.7 Å². The minimum atomic E-state index is -4.54. The summed E-state index contributed by atoms with van der Waals surface area (Å²) >= 11 is 1.01. The number of carbonyl (C=O) groups is 2. The van der Waals surface area contributed by atoms with Crippen LogP contribution in [0.2, 0.25) is 0 Å². The maximum atomic E-state index is 13.4. The van der Waals surface area contributed by atoms with Gasteiger partial charge in [0.25, 0.3) is 0 Å². The van der Waals surface area contributed by atoms with Gasteiger partial charge in [-0.05, 0) is 49.4 Å². The van der Waals surface area contributed by atoms with Gasteiger partial charge in [0.2, 0.25) is 5.91 Å². The van der Waals surface area contributed by atoms with E-state index < -0.39 is 28.9 Å². The Labute approximate surface area is 197 Å². The van der Waals surface area contributed by atoms with Crippen molar-refractivity contribution in [2.45, 2.75) is 23.5 Å². The summed E-state index contributed by atoms with van der Waals surface area (Å²) in [7, 11) is 1.52. The van der Waals surface area contributed by atoms with E-state index in [0.717, 1.165) is 28.8 Å². The summed E-state index contributed by atoms with van der Waals surface area (Å²) in [6, 6.07) is 11.1. The van der Waals surface area contributed by atoms with E-state index in [1.807, 2.05) is 0 Å². The number of thioether (sulfide) groups is 1. The van der Waals surface area contributed by atoms with Gasteiger partial charge in [0.15, 0.2) is 11.0 Å². The van der Waals surface area contributed by atoms with E-state index in [9.17, 15) is 22.8 Å². The number of hydrogen-bond donors (Lipinski definition) is 1. The van der Waals surface area contributed by atoms with Crippen LogP contribution >= 0.6 is 11.8 Å². The molecule has 0 saturated carbocycles. The molecule has 0 aliphatic carbocycles. The summed E-state index contributed by atoms with van der Waals surface area (Å²) in [5.74, 6) is 0.472. The number of benzene rings is 2. The average molecular weight is 491 g/mol. The number of hydrogen-bond acceptors (Lipinski definition) is 6. The van der Waals surface area contributed by atoms with E-state index in [1.165, 1.54) is 23.8 Å². The van der Waals surface area contributed by atoms with E-state index in [1.54, 1.807) is 31.2 Å². The van der Waals surface area contributed by atoms with Crippen molar-refractivity contribution < 1.29 is 27.5 Å². The molecule has 2 aromatic carbocycles. The van der Waals surface area contributed by atoms with E-state index in [-0.39, 0.29) is 17.4 Å². The number of alkyl halides is 3. The van der Waals surface area contributed by atoms with Crippen molar-refractivity contribution in [3.8, 4) is 22.8 Å². The van der Waals surface area contributed by atoms with Crippen molar-refractivity contribution in [1.29, 1.82) is 0 Å². The Morgan fingerprint density at radius 3 is 2.53 bits per heavy atom. The molecule has 0 bridgehead atoms. The minimum Gasteiger partial charge on any atom is -0.497 e. The van der Waals surface area contributed by atoms with Crippen LogP contribution in [0.4, 0.5) is 18.0 Å². The minimum absolute atomic E-state index is 0.187. The van der Waals surface area contributed by atoms with Crippen LogP contribution in [-0.2, 0) is 11.0 Å². The number of urea groups is 1. The zero-order valence-electron chi connectivity index (χ0n) is 18.2. The van der Waals surface area contributed by atoms with Gasteiger partial charge >= 0.3 is 12.2 Å². The zero-order chi connectivity index (χ0) is 24.5. The number of aromatic nitrogens is 3. The predicted octanol–water partition coefficient (Wildman–Crippen LogP) is 3.99. The third-order valence-electron chi connectivity index (χ3n) is 5.17. The number of nitrogens with zero attached hydrogens (tertiary/aromatic N) is 4. The highest BCUT2D eigenvalue weighted by molar-refractivity contribution is 8.00. The summed E-state index contributed by atoms with van der Waals surface area (Å²) in [4.78, 5) is 25.7. The molecule has 8 nitrogen and oxygen atoms in total. The molecule has 34 heavy (non-hydrogen) atoms. The molecule has 3 aromatic rings. The molecule has 1 aliphatic rings. The molecule has 1 saturated heterocycles. The maximum Gasteiger partial charge on any atom is 0.416 e. The maximum absolute atomic E-state index is 13.4. The molecule has 3 amide bonds. The van der Waals surface area contributed by atoms with Crippen LogP contribution in [0, 0.1) is 0 Å². The lowest BCUT2D eigenvalue weighted by molar-refractivity contribution is -0.137. The summed E-state index contributed by atoms with van der Waals surface area (Å²) in [6.07, 6.45) is -4.54. The molecule has 2 heterocycles. The van der Waals surface area contributed by atoms with Gasteiger partial charge in [-0.1, -0.05) is 17.8 Å². The first kappa shape index (κ1) is 23.6. The Balaban J connectivity index is 1.75. The van der Waals surface area contributed by atoms with Gasteiger partial charge in [0, 0.05) is 18.7 Å². The lowest BCUT2D eigenvalue weighted by Gasteiger charge is -2.18. The summed E-state index contributed by atoms with van der Waals surface area (Å²) < 4.78 is 46.8. The standard InChI is InChI=1S/C22H20F3N5O3S/c1-13(19(31)29-11-10-26-20(29)32)34-21-28-27-18(14-6-8-17(33-2)9-7-14)30(21)16-5-3-4-15(12-16)22(23,24)25/h3-9,12-13H,10-11H2,1-2H3,(H,26,32)/t13-/m0/s1. The Morgan fingerprint density at radius 1 is 1.18 bits per heavy atom. The number of amides is 3. The Bertz CT molecular complexity index is 1210. The monoisotopic (exact) mass is 491 g/mol. The highest BCUT2D eigenvalue weighted by Crippen LogP contribution is 2.35. The summed E-state index contributed by atoms with van der Waals surface area (Å²) in [6.45, 7) is 2.22. The smallest absolute Gasteiger partial charge is 0.416 e. The molecular formula is C22H20F3N5O3S. The van der Waals surface area contributed by atoms with Gasteiger partial charge in [-0.2, -0.15) is 13.2 Å². The fraction of sp³-hybridized carbons (Fsp3) is 0.273. The molecule has 4 rings (SSSR count). The number of carbonyl (C=O) groups excluding carboxylic acids is 2. The quantitative estimate of drug-likeness (QED) is 0.525. The van der Waals surface area contributed by atoms with Gasteiger partial charge in [-0.3, -0.25) is 14.3 Å². The zero-order valence-corrected chi connectivity index (χ0v) is 19.0. The van der Waals surface area contributed by atoms with Crippen molar-refractivity contribution in [2.24, 2.45) is 0 Å². The fourth-order valence-corrected chi connectivity index (χ4v) is 4.37. The molecule has 1 aromatic heterocycles. The highest BCUT2D eigenvalue weighted by Gasteiger charge is 2.33. The molecule has 0 radical (unpaired) electrons. The molecule has 1 N–H and O–H groups in total. The van der Waals surface area contributed by atoms with E-state index in [4.69, 9.17) is 4.74 Å². The fourth-order valence-electron chi connectivity index (χ4n) is 3.44. The first-order valence-electron chi connectivity index (χ1n) is 10.2. The number of nitrogens with one attached hydrogen (secondary N) is 1. The highest BCUT2D eigenvalue weighted by atomic mass is 32.2. The second-order valence-corrected chi connectivity index (χ2v) is 8.71. The number of imide groups is 1. The molecule has 1 atom stereocenters. The Morgan fingerprint density at radius 2 is 1.91 bits per heavy atom. The van der Waals surface area contributed by atoms with Crippen molar-refractivity contribution in [2.75, 3.05) is 20.2 Å². The SMILES string of the molecule is COc1ccc(-c2nnc(S[C@@H](C)C(=O)N3CCNC3=O)n2-c2cccc(C(F)(F)F)c2)cc1. The third kappa shape index (κ3) is 4.72. The van der Waals surface area contributed by atoms with Crippen LogP contribution in [-0.4, -0.2) is 57.1 Å². The number of ether oxygens (including phenoxy) is 1. The van der Waals surface area contributed by atoms with Crippen molar-refractivity contribution in [1.82, 2.24) is 25.0 Å². The Kier molecular flexibility index (Phi) is 6.51. The third-order valence-corrected chi connectivity index (χ3v) is 6.20. The van der Waals surface area contributed by atoms with Crippen LogP contribution in [0.3, 0.4) is 0 Å². The van der Waals surface area contributed by atoms with Gasteiger partial charge in [-0.25, -0.2) is 4.79 Å². The number of halogens is 3. The van der Waals surface area contributed by atoms with Crippen molar-refractivity contribution >= 4 is 23.7 Å². The van der Waals surface area contributed by atoms with Gasteiger partial charge in [0.1, 0.15) is 5.75 Å². The second kappa shape index (κ2) is 9.37. The van der Waals surface area contributed by atoms with E-state index in [2.05, 4.69) is 15.5 Å². The second-order valence-electron chi connectivity index (χ2n) is 7.40. The van der Waals surface area contributed by atoms with Crippen LogP contribution in [0.1, 0.15) is 12.5 Å². The molecule has 1 fully saturated rings. The van der Waals surface area contributed by atoms with Crippen molar-refractivity contribution in [3.05, 3.63) is 54.1 Å². The molecule has 178 valence electrons. The average Bonchev–Trinajstić information content (AvgIpc) is 3.44. The molecule has 12 heteroatoms. The molecule has 0 unspecified atom stereocenters. The molecular weight excluding hydrogens is 471 g/mol. The van der Waals surface area contributed by atoms with Crippen LogP contribution in [0.25, 0.3) is 17.1 Å². The van der Waals surface area contributed by atoms with E-state index in [0.29, 0.717) is 23.7 Å². The normalized spacial score (nSPS) is 14.7. The largest absolute Gasteiger partial charge is 0.497 e. The first-order chi connectivity index (χ1) is 16.2. The van der Waals surface area contributed by atoms with Gasteiger partial charge in [0.05, 0.1) is 23.6 Å². The number of methoxy groups -OCH3 is 1. The topological polar surface area (TPSA) is 89.4 Å². The Hall–Kier alpha value is -3.54. The lowest BCUT2D eigenvalue weighted by Crippen LogP contribution is -2.39. The summed E-state index contributed by atoms with van der Waals surface area (Å²) in [5.41, 5.74) is -0.0460. The van der Waals surface area contributed by atoms with Gasteiger partial charge < -0.3 is 10.1 Å². The van der Waals surface area contributed by atoms with Gasteiger partial charge in [-0.15, -0.1) is 10.2 Å². The number of rotatable bonds is 6. The summed E-state index contributed by atoms with van der Waals surface area (Å²) in [5, 5.41) is 10.4. The van der Waals surface area contributed by atoms with E-state index >= 15 is 0 Å². The van der Waals surface area contributed by atoms with Crippen molar-refractivity contribution in [3.63, 3.8) is 0 Å². The lowest BCUT2D eigenvalue weighted by atomic mass is 10.1. The molecule has 0 spiro atoms.